The molecule has 0 bridgehead atoms. The lowest BCUT2D eigenvalue weighted by atomic mass is 10.1. The van der Waals surface area contributed by atoms with Crippen molar-refractivity contribution >= 4 is 35.3 Å². The molecule has 0 spiro atoms. The second kappa shape index (κ2) is 10.1. The summed E-state index contributed by atoms with van der Waals surface area (Å²) in [4.78, 5) is 6.14. The van der Waals surface area contributed by atoms with Gasteiger partial charge in [-0.05, 0) is 60.3 Å². The van der Waals surface area contributed by atoms with E-state index in [4.69, 9.17) is 17.2 Å². The highest BCUT2D eigenvalue weighted by Gasteiger charge is 2.15. The van der Waals surface area contributed by atoms with Gasteiger partial charge in [0, 0.05) is 11.9 Å². The van der Waals surface area contributed by atoms with Crippen molar-refractivity contribution in [2.45, 2.75) is 37.7 Å². The lowest BCUT2D eigenvalue weighted by molar-refractivity contribution is 0.745. The summed E-state index contributed by atoms with van der Waals surface area (Å²) in [6.45, 7) is 4.96. The van der Waals surface area contributed by atoms with Gasteiger partial charge in [-0.25, -0.2) is 4.98 Å². The van der Waals surface area contributed by atoms with Gasteiger partial charge in [0.1, 0.15) is 5.82 Å². The third-order valence-corrected chi connectivity index (χ3v) is 7.85. The van der Waals surface area contributed by atoms with Gasteiger partial charge >= 0.3 is 0 Å². The Labute approximate surface area is 212 Å². The minimum atomic E-state index is 0.633. The van der Waals surface area contributed by atoms with Crippen LogP contribution >= 0.6 is 35.3 Å². The SMILES string of the molecule is CCc1ccc(-n2cc(-c3cccs3)nc2SCc2n[nH]c(=S)n2Cc2ccc(C)cc2)cc1. The van der Waals surface area contributed by atoms with Gasteiger partial charge in [0.2, 0.25) is 0 Å². The van der Waals surface area contributed by atoms with Crippen LogP contribution in [0.4, 0.5) is 0 Å². The van der Waals surface area contributed by atoms with Gasteiger partial charge in [-0.15, -0.1) is 11.3 Å². The van der Waals surface area contributed by atoms with Crippen LogP contribution in [-0.4, -0.2) is 24.3 Å². The van der Waals surface area contributed by atoms with Crippen LogP contribution in [0.25, 0.3) is 16.3 Å². The van der Waals surface area contributed by atoms with E-state index >= 15 is 0 Å². The number of benzene rings is 2. The first-order valence-corrected chi connectivity index (χ1v) is 13.4. The average Bonchev–Trinajstić information content (AvgIpc) is 3.60. The van der Waals surface area contributed by atoms with Gasteiger partial charge in [0.25, 0.3) is 0 Å². The number of hydrogen-bond acceptors (Lipinski definition) is 5. The Morgan fingerprint density at radius 2 is 1.79 bits per heavy atom. The Morgan fingerprint density at radius 3 is 2.50 bits per heavy atom. The first-order valence-electron chi connectivity index (χ1n) is 11.2. The molecule has 0 atom stereocenters. The number of aromatic nitrogens is 5. The summed E-state index contributed by atoms with van der Waals surface area (Å²) in [6.07, 6.45) is 3.15. The fourth-order valence-corrected chi connectivity index (χ4v) is 5.55. The molecule has 0 radical (unpaired) electrons. The van der Waals surface area contributed by atoms with E-state index in [1.54, 1.807) is 23.1 Å². The lowest BCUT2D eigenvalue weighted by Gasteiger charge is -2.09. The zero-order chi connectivity index (χ0) is 23.5. The number of imidazole rings is 1. The second-order valence-corrected chi connectivity index (χ2v) is 10.4. The summed E-state index contributed by atoms with van der Waals surface area (Å²) in [7, 11) is 0. The summed E-state index contributed by atoms with van der Waals surface area (Å²) >= 11 is 8.90. The molecule has 0 aliphatic carbocycles. The zero-order valence-electron chi connectivity index (χ0n) is 19.1. The van der Waals surface area contributed by atoms with Crippen molar-refractivity contribution in [2.24, 2.45) is 0 Å². The topological polar surface area (TPSA) is 51.4 Å². The maximum absolute atomic E-state index is 5.53. The highest BCUT2D eigenvalue weighted by atomic mass is 32.2. The van der Waals surface area contributed by atoms with E-state index in [2.05, 4.69) is 105 Å². The molecule has 8 heteroatoms. The van der Waals surface area contributed by atoms with Crippen LogP contribution in [0.15, 0.2) is 77.4 Å². The molecule has 2 aromatic carbocycles. The molecule has 5 aromatic rings. The molecule has 34 heavy (non-hydrogen) atoms. The standard InChI is InChI=1S/C26H25N5S3/c1-3-19-10-12-21(13-11-19)30-16-22(23-5-4-14-33-23)27-26(30)34-17-24-28-29-25(32)31(24)15-20-8-6-18(2)7-9-20/h4-14,16H,3,15,17H2,1-2H3,(H,29,32). The fraction of sp³-hybridized carbons (Fsp3) is 0.192. The Balaban J connectivity index is 1.43. The maximum Gasteiger partial charge on any atom is 0.195 e. The van der Waals surface area contributed by atoms with Crippen LogP contribution in [0.1, 0.15) is 29.4 Å². The third-order valence-electron chi connectivity index (χ3n) is 5.70. The molecule has 0 unspecified atom stereocenters. The number of H-pyrrole nitrogens is 1. The lowest BCUT2D eigenvalue weighted by Crippen LogP contribution is -2.05. The van der Waals surface area contributed by atoms with E-state index in [0.29, 0.717) is 17.1 Å². The number of hydrogen-bond donors (Lipinski definition) is 1. The van der Waals surface area contributed by atoms with E-state index in [9.17, 15) is 0 Å². The minimum absolute atomic E-state index is 0.633. The van der Waals surface area contributed by atoms with Crippen LogP contribution < -0.4 is 0 Å². The maximum atomic E-state index is 5.53. The molecule has 0 fully saturated rings. The molecule has 3 heterocycles. The summed E-state index contributed by atoms with van der Waals surface area (Å²) in [5.74, 6) is 1.57. The molecule has 172 valence electrons. The second-order valence-electron chi connectivity index (χ2n) is 8.08. The highest BCUT2D eigenvalue weighted by Crippen LogP contribution is 2.31. The number of rotatable bonds is 8. The van der Waals surface area contributed by atoms with Gasteiger partial charge in [0.05, 0.1) is 22.9 Å². The van der Waals surface area contributed by atoms with E-state index in [-0.39, 0.29) is 0 Å². The molecular formula is C26H25N5S3. The van der Waals surface area contributed by atoms with Crippen LogP contribution in [0, 0.1) is 11.7 Å². The number of nitrogens with zero attached hydrogens (tertiary/aromatic N) is 4. The monoisotopic (exact) mass is 503 g/mol. The summed E-state index contributed by atoms with van der Waals surface area (Å²) in [5.41, 5.74) is 5.86. The summed E-state index contributed by atoms with van der Waals surface area (Å²) < 4.78 is 4.87. The van der Waals surface area contributed by atoms with Gasteiger partial charge in [0.15, 0.2) is 9.93 Å². The number of nitrogens with one attached hydrogen (secondary N) is 1. The Morgan fingerprint density at radius 1 is 1.03 bits per heavy atom. The molecule has 5 rings (SSSR count). The van der Waals surface area contributed by atoms with E-state index in [0.717, 1.165) is 33.7 Å². The van der Waals surface area contributed by atoms with Crippen molar-refractivity contribution in [1.82, 2.24) is 24.3 Å². The Bertz CT molecular complexity index is 1430. The van der Waals surface area contributed by atoms with Crippen molar-refractivity contribution in [3.05, 3.63) is 99.5 Å². The molecule has 1 N–H and O–H groups in total. The summed E-state index contributed by atoms with van der Waals surface area (Å²) in [6, 6.07) is 21.4. The predicted octanol–water partition coefficient (Wildman–Crippen LogP) is 7.07. The Hall–Kier alpha value is -2.94. The molecule has 0 saturated carbocycles. The zero-order valence-corrected chi connectivity index (χ0v) is 21.5. The molecule has 3 aromatic heterocycles. The molecule has 0 aliphatic heterocycles. The van der Waals surface area contributed by atoms with Crippen molar-refractivity contribution < 1.29 is 0 Å². The minimum Gasteiger partial charge on any atom is -0.299 e. The quantitative estimate of drug-likeness (QED) is 0.182. The first kappa shape index (κ1) is 22.8. The van der Waals surface area contributed by atoms with Gasteiger partial charge < -0.3 is 0 Å². The third kappa shape index (κ3) is 4.94. The molecule has 0 amide bonds. The van der Waals surface area contributed by atoms with Gasteiger partial charge in [-0.1, -0.05) is 66.7 Å². The average molecular weight is 504 g/mol. The van der Waals surface area contributed by atoms with Crippen molar-refractivity contribution in [3.63, 3.8) is 0 Å². The molecule has 0 aliphatic rings. The fourth-order valence-electron chi connectivity index (χ4n) is 3.71. The van der Waals surface area contributed by atoms with E-state index in [1.165, 1.54) is 16.7 Å². The predicted molar refractivity (Wildman–Crippen MR) is 144 cm³/mol. The van der Waals surface area contributed by atoms with E-state index < -0.39 is 0 Å². The number of thiophene rings is 1. The largest absolute Gasteiger partial charge is 0.299 e. The van der Waals surface area contributed by atoms with Crippen molar-refractivity contribution in [2.75, 3.05) is 0 Å². The van der Waals surface area contributed by atoms with E-state index in [1.807, 2.05) is 0 Å². The molecular weight excluding hydrogens is 479 g/mol. The van der Waals surface area contributed by atoms with Crippen molar-refractivity contribution in [3.8, 4) is 16.3 Å². The van der Waals surface area contributed by atoms with Crippen molar-refractivity contribution in [1.29, 1.82) is 0 Å². The molecule has 0 saturated heterocycles. The normalized spacial score (nSPS) is 11.2. The first-order chi connectivity index (χ1) is 16.6. The van der Waals surface area contributed by atoms with Crippen LogP contribution in [-0.2, 0) is 18.7 Å². The Kier molecular flexibility index (Phi) is 6.80. The number of thioether (sulfide) groups is 1. The van der Waals surface area contributed by atoms with Crippen LogP contribution in [0.2, 0.25) is 0 Å². The number of aromatic amines is 1. The number of aryl methyl sites for hydroxylation is 2. The smallest absolute Gasteiger partial charge is 0.195 e. The van der Waals surface area contributed by atoms with Gasteiger partial charge in [-0.3, -0.25) is 14.2 Å². The summed E-state index contributed by atoms with van der Waals surface area (Å²) in [5, 5.41) is 10.5. The van der Waals surface area contributed by atoms with Crippen LogP contribution in [0.5, 0.6) is 0 Å². The highest BCUT2D eigenvalue weighted by molar-refractivity contribution is 7.98. The molecule has 5 nitrogen and oxygen atoms in total. The van der Waals surface area contributed by atoms with Crippen LogP contribution in [0.3, 0.4) is 0 Å². The van der Waals surface area contributed by atoms with Gasteiger partial charge in [-0.2, -0.15) is 5.10 Å².